The smallest absolute Gasteiger partial charge is 0.233 e. The SMILES string of the molecule is O=C1CCCC(=O)N1c1ccc(C2(O)CCC(CCO)CC2)c(F)c1. The van der Waals surface area contributed by atoms with Crippen molar-refractivity contribution in [3.63, 3.8) is 0 Å². The lowest BCUT2D eigenvalue weighted by molar-refractivity contribution is -0.129. The maximum absolute atomic E-state index is 14.7. The van der Waals surface area contributed by atoms with Crippen LogP contribution in [0, 0.1) is 11.7 Å². The van der Waals surface area contributed by atoms with E-state index in [0.29, 0.717) is 31.6 Å². The molecule has 1 heterocycles. The topological polar surface area (TPSA) is 77.8 Å². The van der Waals surface area contributed by atoms with Crippen LogP contribution in [0.5, 0.6) is 0 Å². The molecule has 1 saturated carbocycles. The van der Waals surface area contributed by atoms with Crippen molar-refractivity contribution in [1.29, 1.82) is 0 Å². The molecule has 2 N–H and O–H groups in total. The summed E-state index contributed by atoms with van der Waals surface area (Å²) in [4.78, 5) is 25.0. The Bertz CT molecular complexity index is 651. The highest BCUT2D eigenvalue weighted by atomic mass is 19.1. The molecule has 2 aliphatic rings. The van der Waals surface area contributed by atoms with Crippen LogP contribution in [0.1, 0.15) is 56.9 Å². The number of amides is 2. The molecule has 1 aliphatic carbocycles. The molecular formula is C19H24FNO4. The molecule has 2 fully saturated rings. The molecule has 5 nitrogen and oxygen atoms in total. The minimum absolute atomic E-state index is 0.129. The van der Waals surface area contributed by atoms with Gasteiger partial charge >= 0.3 is 0 Å². The van der Waals surface area contributed by atoms with Crippen LogP contribution in [0.15, 0.2) is 18.2 Å². The first-order valence-corrected chi connectivity index (χ1v) is 8.93. The van der Waals surface area contributed by atoms with Gasteiger partial charge in [-0.1, -0.05) is 6.07 Å². The number of benzene rings is 1. The van der Waals surface area contributed by atoms with Crippen molar-refractivity contribution in [2.75, 3.05) is 11.5 Å². The molecule has 0 spiro atoms. The van der Waals surface area contributed by atoms with E-state index in [4.69, 9.17) is 5.11 Å². The van der Waals surface area contributed by atoms with Gasteiger partial charge in [-0.2, -0.15) is 0 Å². The number of carbonyl (C=O) groups excluding carboxylic acids is 2. The zero-order valence-electron chi connectivity index (χ0n) is 14.2. The van der Waals surface area contributed by atoms with Gasteiger partial charge in [-0.05, 0) is 56.6 Å². The van der Waals surface area contributed by atoms with Crippen LogP contribution < -0.4 is 4.90 Å². The molecule has 0 aromatic heterocycles. The van der Waals surface area contributed by atoms with E-state index in [1.165, 1.54) is 18.2 Å². The molecule has 2 amide bonds. The number of hydrogen-bond donors (Lipinski definition) is 2. The summed E-state index contributed by atoms with van der Waals surface area (Å²) in [5.41, 5.74) is -0.783. The largest absolute Gasteiger partial charge is 0.396 e. The van der Waals surface area contributed by atoms with E-state index in [2.05, 4.69) is 0 Å². The first-order valence-electron chi connectivity index (χ1n) is 8.93. The number of anilines is 1. The Morgan fingerprint density at radius 2 is 1.80 bits per heavy atom. The molecule has 1 aliphatic heterocycles. The lowest BCUT2D eigenvalue weighted by Gasteiger charge is -2.36. The van der Waals surface area contributed by atoms with Crippen LogP contribution in [0.3, 0.4) is 0 Å². The Balaban J connectivity index is 1.80. The highest BCUT2D eigenvalue weighted by Gasteiger charge is 2.37. The molecule has 0 atom stereocenters. The molecule has 0 radical (unpaired) electrons. The number of aliphatic hydroxyl groups is 2. The number of halogens is 1. The summed E-state index contributed by atoms with van der Waals surface area (Å²) in [6.07, 6.45) is 4.16. The van der Waals surface area contributed by atoms with Crippen molar-refractivity contribution < 1.29 is 24.2 Å². The lowest BCUT2D eigenvalue weighted by Crippen LogP contribution is -2.40. The number of piperidine rings is 1. The molecule has 3 rings (SSSR count). The van der Waals surface area contributed by atoms with E-state index in [1.807, 2.05) is 0 Å². The van der Waals surface area contributed by atoms with E-state index in [-0.39, 0.29) is 42.5 Å². The molecule has 1 saturated heterocycles. The maximum Gasteiger partial charge on any atom is 0.233 e. The number of carbonyl (C=O) groups is 2. The summed E-state index contributed by atoms with van der Waals surface area (Å²) in [6, 6.07) is 4.21. The summed E-state index contributed by atoms with van der Waals surface area (Å²) in [6.45, 7) is 0.129. The van der Waals surface area contributed by atoms with Gasteiger partial charge in [0.1, 0.15) is 5.82 Å². The van der Waals surface area contributed by atoms with Crippen molar-refractivity contribution in [3.8, 4) is 0 Å². The Morgan fingerprint density at radius 1 is 1.16 bits per heavy atom. The summed E-state index contributed by atoms with van der Waals surface area (Å²) in [7, 11) is 0. The number of hydrogen-bond acceptors (Lipinski definition) is 4. The third kappa shape index (κ3) is 3.60. The zero-order chi connectivity index (χ0) is 18.0. The number of nitrogens with zero attached hydrogens (tertiary/aromatic N) is 1. The Kier molecular flexibility index (Phi) is 5.20. The van der Waals surface area contributed by atoms with Crippen LogP contribution >= 0.6 is 0 Å². The van der Waals surface area contributed by atoms with Crippen molar-refractivity contribution in [3.05, 3.63) is 29.6 Å². The van der Waals surface area contributed by atoms with Gasteiger partial charge in [0.05, 0.1) is 11.3 Å². The molecule has 0 unspecified atom stereocenters. The normalized spacial score (nSPS) is 27.6. The van der Waals surface area contributed by atoms with Crippen LogP contribution in [0.4, 0.5) is 10.1 Å². The minimum atomic E-state index is -1.23. The van der Waals surface area contributed by atoms with Crippen LogP contribution in [-0.4, -0.2) is 28.6 Å². The molecule has 6 heteroatoms. The highest BCUT2D eigenvalue weighted by Crippen LogP contribution is 2.42. The summed E-state index contributed by atoms with van der Waals surface area (Å²) in [5, 5.41) is 19.9. The van der Waals surface area contributed by atoms with Crippen molar-refractivity contribution in [2.45, 2.75) is 57.0 Å². The van der Waals surface area contributed by atoms with E-state index in [1.54, 1.807) is 0 Å². The second kappa shape index (κ2) is 7.22. The summed E-state index contributed by atoms with van der Waals surface area (Å²) >= 11 is 0. The quantitative estimate of drug-likeness (QED) is 0.819. The molecule has 1 aromatic rings. The van der Waals surface area contributed by atoms with Gasteiger partial charge in [-0.3, -0.25) is 14.5 Å². The first-order chi connectivity index (χ1) is 11.9. The lowest BCUT2D eigenvalue weighted by atomic mass is 9.74. The van der Waals surface area contributed by atoms with E-state index in [0.717, 1.165) is 17.7 Å². The molecular weight excluding hydrogens is 325 g/mol. The molecule has 0 bridgehead atoms. The Morgan fingerprint density at radius 3 is 2.36 bits per heavy atom. The van der Waals surface area contributed by atoms with Gasteiger partial charge in [0.25, 0.3) is 0 Å². The van der Waals surface area contributed by atoms with Crippen LogP contribution in [-0.2, 0) is 15.2 Å². The zero-order valence-corrected chi connectivity index (χ0v) is 14.2. The predicted molar refractivity (Wildman–Crippen MR) is 90.3 cm³/mol. The molecule has 136 valence electrons. The van der Waals surface area contributed by atoms with Gasteiger partial charge in [0, 0.05) is 25.0 Å². The fourth-order valence-corrected chi connectivity index (χ4v) is 3.96. The third-order valence-electron chi connectivity index (χ3n) is 5.46. The van der Waals surface area contributed by atoms with Gasteiger partial charge in [-0.15, -0.1) is 0 Å². The number of rotatable bonds is 4. The van der Waals surface area contributed by atoms with Crippen molar-refractivity contribution >= 4 is 17.5 Å². The predicted octanol–water partition coefficient (Wildman–Crippen LogP) is 2.63. The van der Waals surface area contributed by atoms with E-state index < -0.39 is 11.4 Å². The highest BCUT2D eigenvalue weighted by molar-refractivity contribution is 6.16. The Labute approximate surface area is 146 Å². The average molecular weight is 349 g/mol. The van der Waals surface area contributed by atoms with E-state index in [9.17, 15) is 19.1 Å². The fraction of sp³-hybridized carbons (Fsp3) is 0.579. The van der Waals surface area contributed by atoms with Crippen LogP contribution in [0.2, 0.25) is 0 Å². The number of imide groups is 1. The average Bonchev–Trinajstić information content (AvgIpc) is 2.57. The fourth-order valence-electron chi connectivity index (χ4n) is 3.96. The second-order valence-corrected chi connectivity index (χ2v) is 7.13. The van der Waals surface area contributed by atoms with E-state index >= 15 is 0 Å². The maximum atomic E-state index is 14.7. The van der Waals surface area contributed by atoms with Gasteiger partial charge in [0.2, 0.25) is 11.8 Å². The Hall–Kier alpha value is -1.79. The van der Waals surface area contributed by atoms with Crippen LogP contribution in [0.25, 0.3) is 0 Å². The summed E-state index contributed by atoms with van der Waals surface area (Å²) < 4.78 is 14.7. The first kappa shape index (κ1) is 18.0. The number of aliphatic hydroxyl groups excluding tert-OH is 1. The third-order valence-corrected chi connectivity index (χ3v) is 5.46. The van der Waals surface area contributed by atoms with Crippen molar-refractivity contribution in [2.24, 2.45) is 5.92 Å². The summed E-state index contributed by atoms with van der Waals surface area (Å²) in [5.74, 6) is -0.860. The van der Waals surface area contributed by atoms with Gasteiger partial charge in [0.15, 0.2) is 0 Å². The molecule has 25 heavy (non-hydrogen) atoms. The minimum Gasteiger partial charge on any atom is -0.396 e. The van der Waals surface area contributed by atoms with Gasteiger partial charge < -0.3 is 10.2 Å². The second-order valence-electron chi connectivity index (χ2n) is 7.13. The van der Waals surface area contributed by atoms with Crippen molar-refractivity contribution in [1.82, 2.24) is 0 Å². The monoisotopic (exact) mass is 349 g/mol. The van der Waals surface area contributed by atoms with Gasteiger partial charge in [-0.25, -0.2) is 4.39 Å². The molecule has 1 aromatic carbocycles. The standard InChI is InChI=1S/C19H24FNO4/c20-16-12-14(21-17(23)2-1-3-18(21)24)4-5-15(16)19(25)9-6-13(7-10-19)8-11-22/h4-5,12-13,22,25H,1-3,6-11H2.